The van der Waals surface area contributed by atoms with Gasteiger partial charge in [0.05, 0.1) is 11.4 Å². The van der Waals surface area contributed by atoms with Crippen molar-refractivity contribution in [3.63, 3.8) is 0 Å². The summed E-state index contributed by atoms with van der Waals surface area (Å²) >= 11 is 6.91. The molecule has 1 amide bonds. The van der Waals surface area contributed by atoms with Gasteiger partial charge in [-0.1, -0.05) is 23.4 Å². The van der Waals surface area contributed by atoms with Crippen LogP contribution in [0, 0.1) is 5.82 Å². The van der Waals surface area contributed by atoms with E-state index in [1.807, 2.05) is 6.07 Å². The molecule has 0 aliphatic carbocycles. The highest BCUT2D eigenvalue weighted by Gasteiger charge is 2.15. The number of carbonyl (C=O) groups excluding carboxylic acids is 1. The van der Waals surface area contributed by atoms with Gasteiger partial charge in [0.15, 0.2) is 5.16 Å². The summed E-state index contributed by atoms with van der Waals surface area (Å²) in [7, 11) is 0. The zero-order valence-electron chi connectivity index (χ0n) is 12.8. The fourth-order valence-electron chi connectivity index (χ4n) is 2.43. The number of anilines is 2. The van der Waals surface area contributed by atoms with Gasteiger partial charge in [0, 0.05) is 24.3 Å². The maximum atomic E-state index is 13.7. The van der Waals surface area contributed by atoms with Crippen molar-refractivity contribution < 1.29 is 9.18 Å². The maximum absolute atomic E-state index is 13.7. The second kappa shape index (κ2) is 7.81. The third-order valence-electron chi connectivity index (χ3n) is 3.59. The summed E-state index contributed by atoms with van der Waals surface area (Å²) in [5, 5.41) is 3.34. The number of benzene rings is 1. The van der Waals surface area contributed by atoms with Crippen LogP contribution in [0.1, 0.15) is 12.8 Å². The van der Waals surface area contributed by atoms with Crippen molar-refractivity contribution in [1.29, 1.82) is 0 Å². The van der Waals surface area contributed by atoms with E-state index >= 15 is 0 Å². The van der Waals surface area contributed by atoms with Crippen molar-refractivity contribution in [2.45, 2.75) is 18.0 Å². The largest absolute Gasteiger partial charge is 0.356 e. The fraction of sp³-hybridized carbons (Fsp3) is 0.312. The quantitative estimate of drug-likeness (QED) is 0.647. The molecule has 1 aliphatic rings. The lowest BCUT2D eigenvalue weighted by molar-refractivity contribution is -0.113. The molecule has 126 valence electrons. The maximum Gasteiger partial charge on any atom is 0.234 e. The Kier molecular flexibility index (Phi) is 5.52. The highest BCUT2D eigenvalue weighted by Crippen LogP contribution is 2.22. The van der Waals surface area contributed by atoms with E-state index in [9.17, 15) is 9.18 Å². The first-order chi connectivity index (χ1) is 11.6. The topological polar surface area (TPSA) is 58.1 Å². The van der Waals surface area contributed by atoms with Crippen molar-refractivity contribution in [2.24, 2.45) is 0 Å². The van der Waals surface area contributed by atoms with E-state index < -0.39 is 5.82 Å². The first-order valence-electron chi connectivity index (χ1n) is 7.57. The number of hydrogen-bond donors (Lipinski definition) is 1. The van der Waals surface area contributed by atoms with Crippen LogP contribution in [0.25, 0.3) is 0 Å². The summed E-state index contributed by atoms with van der Waals surface area (Å²) in [6.45, 7) is 1.99. The summed E-state index contributed by atoms with van der Waals surface area (Å²) in [5.41, 5.74) is 0.108. The molecule has 2 heterocycles. The minimum absolute atomic E-state index is 0.103. The van der Waals surface area contributed by atoms with Crippen molar-refractivity contribution in [2.75, 3.05) is 29.1 Å². The Bertz CT molecular complexity index is 740. The number of thioether (sulfide) groups is 1. The number of aromatic nitrogens is 2. The average Bonchev–Trinajstić information content (AvgIpc) is 3.10. The Balaban J connectivity index is 1.57. The van der Waals surface area contributed by atoms with E-state index in [0.29, 0.717) is 5.16 Å². The Labute approximate surface area is 148 Å². The van der Waals surface area contributed by atoms with Crippen molar-refractivity contribution in [3.05, 3.63) is 41.3 Å². The third kappa shape index (κ3) is 4.36. The molecule has 1 saturated heterocycles. The summed E-state index contributed by atoms with van der Waals surface area (Å²) in [6, 6.07) is 5.99. The fourth-order valence-corrected chi connectivity index (χ4v) is 3.22. The smallest absolute Gasteiger partial charge is 0.234 e. The van der Waals surface area contributed by atoms with E-state index in [0.717, 1.165) is 25.0 Å². The number of nitrogens with zero attached hydrogens (tertiary/aromatic N) is 3. The zero-order chi connectivity index (χ0) is 16.9. The van der Waals surface area contributed by atoms with E-state index in [2.05, 4.69) is 20.2 Å². The number of hydrogen-bond acceptors (Lipinski definition) is 5. The molecular formula is C16H16ClFN4OS. The van der Waals surface area contributed by atoms with Gasteiger partial charge in [0.1, 0.15) is 11.6 Å². The number of carbonyl (C=O) groups is 1. The second-order valence-corrected chi connectivity index (χ2v) is 6.73. The van der Waals surface area contributed by atoms with Crippen molar-refractivity contribution >= 4 is 40.8 Å². The molecule has 8 heteroatoms. The highest BCUT2D eigenvalue weighted by atomic mass is 35.5. The summed E-state index contributed by atoms with van der Waals surface area (Å²) in [4.78, 5) is 22.8. The molecular weight excluding hydrogens is 351 g/mol. The molecule has 5 nitrogen and oxygen atoms in total. The minimum Gasteiger partial charge on any atom is -0.356 e. The molecule has 0 saturated carbocycles. The zero-order valence-corrected chi connectivity index (χ0v) is 14.4. The molecule has 1 aromatic carbocycles. The molecule has 3 rings (SSSR count). The van der Waals surface area contributed by atoms with Crippen LogP contribution in [-0.4, -0.2) is 34.7 Å². The molecule has 1 N–H and O–H groups in total. The minimum atomic E-state index is -0.562. The Hall–Kier alpha value is -1.86. The average molecular weight is 367 g/mol. The normalized spacial score (nSPS) is 14.0. The molecule has 0 atom stereocenters. The molecule has 0 radical (unpaired) electrons. The Morgan fingerprint density at radius 2 is 2.12 bits per heavy atom. The van der Waals surface area contributed by atoms with Crippen LogP contribution in [-0.2, 0) is 4.79 Å². The predicted octanol–water partition coefficient (Wildman–Crippen LogP) is 3.60. The van der Waals surface area contributed by atoms with Gasteiger partial charge in [-0.05, 0) is 37.1 Å². The SMILES string of the molecule is O=C(CSc1nccc(N2CCCC2)n1)Nc1ccc(Cl)cc1F. The Morgan fingerprint density at radius 3 is 2.88 bits per heavy atom. The van der Waals surface area contributed by atoms with Crippen molar-refractivity contribution in [1.82, 2.24) is 9.97 Å². The molecule has 24 heavy (non-hydrogen) atoms. The van der Waals surface area contributed by atoms with Crippen LogP contribution in [0.4, 0.5) is 15.9 Å². The van der Waals surface area contributed by atoms with Gasteiger partial charge in [-0.2, -0.15) is 0 Å². The van der Waals surface area contributed by atoms with Gasteiger partial charge < -0.3 is 10.2 Å². The Morgan fingerprint density at radius 1 is 1.33 bits per heavy atom. The second-order valence-electron chi connectivity index (χ2n) is 5.35. The van der Waals surface area contributed by atoms with Crippen LogP contribution in [0.5, 0.6) is 0 Å². The van der Waals surface area contributed by atoms with Gasteiger partial charge in [-0.15, -0.1) is 0 Å². The molecule has 0 spiro atoms. The summed E-state index contributed by atoms with van der Waals surface area (Å²) in [5.74, 6) is 0.101. The first-order valence-corrected chi connectivity index (χ1v) is 8.94. The molecule has 0 unspecified atom stereocenters. The lowest BCUT2D eigenvalue weighted by atomic mass is 10.3. The van der Waals surface area contributed by atoms with Gasteiger partial charge >= 0.3 is 0 Å². The number of rotatable bonds is 5. The summed E-state index contributed by atoms with van der Waals surface area (Å²) in [6.07, 6.45) is 4.03. The monoisotopic (exact) mass is 366 g/mol. The molecule has 2 aromatic rings. The van der Waals surface area contributed by atoms with Crippen molar-refractivity contribution in [3.8, 4) is 0 Å². The number of nitrogens with one attached hydrogen (secondary N) is 1. The van der Waals surface area contributed by atoms with Crippen LogP contribution in [0.3, 0.4) is 0 Å². The molecule has 1 aromatic heterocycles. The first kappa shape index (κ1) is 17.0. The molecule has 1 aliphatic heterocycles. The van der Waals surface area contributed by atoms with Crippen LogP contribution < -0.4 is 10.2 Å². The third-order valence-corrected chi connectivity index (χ3v) is 4.68. The molecule has 1 fully saturated rings. The van der Waals surface area contributed by atoms with Gasteiger partial charge in [0.2, 0.25) is 5.91 Å². The van der Waals surface area contributed by atoms with Gasteiger partial charge in [-0.3, -0.25) is 4.79 Å². The lowest BCUT2D eigenvalue weighted by Gasteiger charge is -2.16. The van der Waals surface area contributed by atoms with Crippen LogP contribution in [0.15, 0.2) is 35.6 Å². The van der Waals surface area contributed by atoms with Gasteiger partial charge in [0.25, 0.3) is 0 Å². The summed E-state index contributed by atoms with van der Waals surface area (Å²) < 4.78 is 13.7. The molecule has 0 bridgehead atoms. The predicted molar refractivity (Wildman–Crippen MR) is 94.2 cm³/mol. The number of halogens is 2. The van der Waals surface area contributed by atoms with E-state index in [4.69, 9.17) is 11.6 Å². The van der Waals surface area contributed by atoms with Crippen LogP contribution >= 0.6 is 23.4 Å². The van der Waals surface area contributed by atoms with Gasteiger partial charge in [-0.25, -0.2) is 14.4 Å². The lowest BCUT2D eigenvalue weighted by Crippen LogP contribution is -2.19. The standard InChI is InChI=1S/C16H16ClFN4OS/c17-11-3-4-13(12(18)9-11)20-15(23)10-24-16-19-6-5-14(21-16)22-7-1-2-8-22/h3-6,9H,1-2,7-8,10H2,(H,20,23). The highest BCUT2D eigenvalue weighted by molar-refractivity contribution is 7.99. The van der Waals surface area contributed by atoms with Crippen LogP contribution in [0.2, 0.25) is 5.02 Å². The van der Waals surface area contributed by atoms with E-state index in [1.54, 1.807) is 6.20 Å². The van der Waals surface area contributed by atoms with E-state index in [-0.39, 0.29) is 22.4 Å². The van der Waals surface area contributed by atoms with E-state index in [1.165, 1.54) is 36.7 Å². The number of amides is 1.